The first-order valence-corrected chi connectivity index (χ1v) is 10.2. The predicted molar refractivity (Wildman–Crippen MR) is 114 cm³/mol. The third-order valence-corrected chi connectivity index (χ3v) is 5.45. The Labute approximate surface area is 184 Å². The number of primary amides is 1. The normalized spacial score (nSPS) is 14.2. The third-order valence-electron chi connectivity index (χ3n) is 5.45. The van der Waals surface area contributed by atoms with Crippen LogP contribution in [0.2, 0.25) is 0 Å². The zero-order chi connectivity index (χ0) is 23.0. The number of nitrogens with zero attached hydrogens (tertiary/aromatic N) is 4. The van der Waals surface area contributed by atoms with E-state index < -0.39 is 17.7 Å². The lowest BCUT2D eigenvalue weighted by Crippen LogP contribution is -2.32. The zero-order valence-corrected chi connectivity index (χ0v) is 17.8. The van der Waals surface area contributed by atoms with E-state index in [4.69, 9.17) is 5.73 Å². The second kappa shape index (κ2) is 8.23. The summed E-state index contributed by atoms with van der Waals surface area (Å²) < 4.78 is 27.2. The van der Waals surface area contributed by atoms with Gasteiger partial charge in [-0.25, -0.2) is 15.0 Å². The quantitative estimate of drug-likeness (QED) is 0.632. The number of phenolic OH excluding ortho intramolecular Hbond substituents is 1. The molecule has 0 saturated heterocycles. The van der Waals surface area contributed by atoms with Gasteiger partial charge in [-0.3, -0.25) is 9.69 Å². The van der Waals surface area contributed by atoms with Crippen LogP contribution in [0.4, 0.5) is 8.78 Å². The van der Waals surface area contributed by atoms with Gasteiger partial charge in [-0.1, -0.05) is 12.1 Å². The minimum absolute atomic E-state index is 0.107. The van der Waals surface area contributed by atoms with Crippen LogP contribution in [-0.2, 0) is 25.4 Å². The summed E-state index contributed by atoms with van der Waals surface area (Å²) in [4.78, 5) is 26.0. The maximum Gasteiger partial charge on any atom is 0.303 e. The minimum Gasteiger partial charge on any atom is -0.507 e. The fourth-order valence-electron chi connectivity index (χ4n) is 3.89. The summed E-state index contributed by atoms with van der Waals surface area (Å²) >= 11 is 0. The Morgan fingerprint density at radius 3 is 2.69 bits per heavy atom. The first-order chi connectivity index (χ1) is 15.1. The molecule has 2 aromatic heterocycles. The van der Waals surface area contributed by atoms with Crippen LogP contribution in [0.25, 0.3) is 11.1 Å². The van der Waals surface area contributed by atoms with Crippen molar-refractivity contribution in [2.24, 2.45) is 5.73 Å². The van der Waals surface area contributed by atoms with Gasteiger partial charge in [0.1, 0.15) is 11.4 Å². The number of alkyl halides is 2. The van der Waals surface area contributed by atoms with Gasteiger partial charge in [-0.05, 0) is 48.2 Å². The molecule has 1 aliphatic heterocycles. The van der Waals surface area contributed by atoms with Gasteiger partial charge in [0.05, 0.1) is 11.4 Å². The molecule has 0 bridgehead atoms. The molecule has 1 amide bonds. The van der Waals surface area contributed by atoms with Crippen LogP contribution >= 0.6 is 0 Å². The molecule has 3 N–H and O–H groups in total. The number of amides is 1. The van der Waals surface area contributed by atoms with E-state index in [1.165, 1.54) is 6.20 Å². The molecule has 0 atom stereocenters. The first-order valence-electron chi connectivity index (χ1n) is 10.2. The molecule has 4 rings (SSSR count). The molecule has 0 unspecified atom stereocenters. The number of aromatic hydroxyl groups is 1. The summed E-state index contributed by atoms with van der Waals surface area (Å²) in [7, 11) is 0. The van der Waals surface area contributed by atoms with Gasteiger partial charge in [0.25, 0.3) is 5.91 Å². The van der Waals surface area contributed by atoms with Gasteiger partial charge < -0.3 is 10.8 Å². The highest BCUT2D eigenvalue weighted by atomic mass is 19.3. The molecule has 0 radical (unpaired) electrons. The molecular weight excluding hydrogens is 416 g/mol. The standard InChI is InChI=1S/C23H23F2N5O2/c1-13-3-4-16(20(31)9-13)17-10-18(21(26)32)29-19-12-30(8-6-15(17)19)11-14-5-7-27-22(28-14)23(2,24)25/h3-5,7,9-10,31H,6,8,11-12H2,1-2H3,(H2,26,32). The number of pyridine rings is 1. The van der Waals surface area contributed by atoms with Crippen LogP contribution in [0.1, 0.15) is 45.8 Å². The van der Waals surface area contributed by atoms with E-state index in [2.05, 4.69) is 15.0 Å². The number of phenols is 1. The van der Waals surface area contributed by atoms with E-state index in [1.54, 1.807) is 18.2 Å². The number of hydrogen-bond acceptors (Lipinski definition) is 6. The number of aromatic nitrogens is 3. The summed E-state index contributed by atoms with van der Waals surface area (Å²) in [5.41, 5.74) is 9.92. The van der Waals surface area contributed by atoms with Gasteiger partial charge in [0.15, 0.2) is 5.82 Å². The van der Waals surface area contributed by atoms with Crippen molar-refractivity contribution < 1.29 is 18.7 Å². The van der Waals surface area contributed by atoms with Crippen LogP contribution in [0.15, 0.2) is 36.5 Å². The van der Waals surface area contributed by atoms with Crippen LogP contribution in [0.3, 0.4) is 0 Å². The second-order valence-corrected chi connectivity index (χ2v) is 8.09. The number of halogens is 2. The molecule has 0 aliphatic carbocycles. The van der Waals surface area contributed by atoms with Crippen LogP contribution in [-0.4, -0.2) is 37.4 Å². The molecule has 7 nitrogen and oxygen atoms in total. The molecule has 166 valence electrons. The maximum absolute atomic E-state index is 13.6. The van der Waals surface area contributed by atoms with Crippen molar-refractivity contribution in [2.45, 2.75) is 39.3 Å². The van der Waals surface area contributed by atoms with E-state index >= 15 is 0 Å². The summed E-state index contributed by atoms with van der Waals surface area (Å²) in [6.45, 7) is 3.99. The second-order valence-electron chi connectivity index (χ2n) is 8.09. The third kappa shape index (κ3) is 4.43. The summed E-state index contributed by atoms with van der Waals surface area (Å²) in [6, 6.07) is 8.58. The zero-order valence-electron chi connectivity index (χ0n) is 17.8. The Kier molecular flexibility index (Phi) is 5.60. The fourth-order valence-corrected chi connectivity index (χ4v) is 3.89. The van der Waals surface area contributed by atoms with Gasteiger partial charge in [0.2, 0.25) is 0 Å². The van der Waals surface area contributed by atoms with E-state index in [9.17, 15) is 18.7 Å². The molecule has 1 aliphatic rings. The molecule has 0 saturated carbocycles. The molecular formula is C23H23F2N5O2. The summed E-state index contributed by atoms with van der Waals surface area (Å²) in [5.74, 6) is -4.18. The highest BCUT2D eigenvalue weighted by molar-refractivity contribution is 5.93. The molecule has 1 aromatic carbocycles. The lowest BCUT2D eigenvalue weighted by molar-refractivity contribution is 0.00725. The Hall–Kier alpha value is -3.46. The van der Waals surface area contributed by atoms with E-state index in [-0.39, 0.29) is 11.4 Å². The smallest absolute Gasteiger partial charge is 0.303 e. The predicted octanol–water partition coefficient (Wildman–Crippen LogP) is 3.32. The molecule has 3 aromatic rings. The number of rotatable bonds is 5. The van der Waals surface area contributed by atoms with Gasteiger partial charge in [-0.2, -0.15) is 8.78 Å². The number of aryl methyl sites for hydroxylation is 1. The maximum atomic E-state index is 13.6. The van der Waals surface area contributed by atoms with Crippen molar-refractivity contribution in [3.8, 4) is 16.9 Å². The van der Waals surface area contributed by atoms with Gasteiger partial charge in [-0.15, -0.1) is 0 Å². The lowest BCUT2D eigenvalue weighted by Gasteiger charge is -2.29. The highest BCUT2D eigenvalue weighted by Gasteiger charge is 2.29. The highest BCUT2D eigenvalue weighted by Crippen LogP contribution is 2.36. The van der Waals surface area contributed by atoms with Crippen molar-refractivity contribution in [3.63, 3.8) is 0 Å². The molecule has 0 fully saturated rings. The summed E-state index contributed by atoms with van der Waals surface area (Å²) in [6.07, 6.45) is 1.93. The molecule has 0 spiro atoms. The lowest BCUT2D eigenvalue weighted by atomic mass is 9.92. The Balaban J connectivity index is 1.67. The van der Waals surface area contributed by atoms with E-state index in [0.29, 0.717) is 43.0 Å². The number of fused-ring (bicyclic) bond motifs is 1. The molecule has 9 heteroatoms. The number of benzene rings is 1. The largest absolute Gasteiger partial charge is 0.507 e. The van der Waals surface area contributed by atoms with Gasteiger partial charge in [0, 0.05) is 38.3 Å². The number of hydrogen-bond donors (Lipinski definition) is 2. The van der Waals surface area contributed by atoms with Crippen molar-refractivity contribution in [2.75, 3.05) is 6.54 Å². The summed E-state index contributed by atoms with van der Waals surface area (Å²) in [5, 5.41) is 10.5. The number of carbonyl (C=O) groups is 1. The van der Waals surface area contributed by atoms with Crippen LogP contribution in [0, 0.1) is 6.92 Å². The Morgan fingerprint density at radius 1 is 1.22 bits per heavy atom. The Morgan fingerprint density at radius 2 is 2.00 bits per heavy atom. The average Bonchev–Trinajstić information content (AvgIpc) is 2.72. The monoisotopic (exact) mass is 439 g/mol. The number of nitrogens with two attached hydrogens (primary N) is 1. The van der Waals surface area contributed by atoms with Crippen molar-refractivity contribution in [1.82, 2.24) is 19.9 Å². The first kappa shape index (κ1) is 21.8. The average molecular weight is 439 g/mol. The topological polar surface area (TPSA) is 105 Å². The minimum atomic E-state index is -3.12. The molecule has 3 heterocycles. The van der Waals surface area contributed by atoms with Crippen molar-refractivity contribution in [3.05, 3.63) is 70.6 Å². The fraction of sp³-hybridized carbons (Fsp3) is 0.304. The van der Waals surface area contributed by atoms with E-state index in [1.807, 2.05) is 24.0 Å². The van der Waals surface area contributed by atoms with Crippen molar-refractivity contribution >= 4 is 5.91 Å². The Bertz CT molecular complexity index is 1190. The molecule has 32 heavy (non-hydrogen) atoms. The van der Waals surface area contributed by atoms with Crippen molar-refractivity contribution in [1.29, 1.82) is 0 Å². The number of carbonyl (C=O) groups excluding carboxylic acids is 1. The van der Waals surface area contributed by atoms with Crippen LogP contribution in [0.5, 0.6) is 5.75 Å². The SMILES string of the molecule is Cc1ccc(-c2cc(C(N)=O)nc3c2CCN(Cc2ccnc(C(C)(F)F)n2)C3)c(O)c1. The van der Waals surface area contributed by atoms with E-state index in [0.717, 1.165) is 23.6 Å². The van der Waals surface area contributed by atoms with Crippen LogP contribution < -0.4 is 5.73 Å². The van der Waals surface area contributed by atoms with Gasteiger partial charge >= 0.3 is 5.92 Å².